The van der Waals surface area contributed by atoms with Crippen molar-refractivity contribution in [3.05, 3.63) is 23.4 Å². The Morgan fingerprint density at radius 2 is 2.04 bits per heavy atom. The summed E-state index contributed by atoms with van der Waals surface area (Å²) in [5.74, 6) is 0.726. The number of piperidine rings is 2. The van der Waals surface area contributed by atoms with Gasteiger partial charge in [0.05, 0.1) is 12.9 Å². The Morgan fingerprint density at radius 3 is 2.70 bits per heavy atom. The van der Waals surface area contributed by atoms with E-state index in [1.165, 1.54) is 10.6 Å². The van der Waals surface area contributed by atoms with E-state index >= 15 is 0 Å². The van der Waals surface area contributed by atoms with Crippen LogP contribution in [0.25, 0.3) is 0 Å². The molecule has 1 unspecified atom stereocenters. The highest BCUT2D eigenvalue weighted by Gasteiger charge is 2.33. The Labute approximate surface area is 165 Å². The highest BCUT2D eigenvalue weighted by Crippen LogP contribution is 2.26. The van der Waals surface area contributed by atoms with Crippen molar-refractivity contribution in [1.29, 1.82) is 0 Å². The van der Waals surface area contributed by atoms with Gasteiger partial charge < -0.3 is 9.64 Å². The molecule has 1 aromatic rings. The Kier molecular flexibility index (Phi) is 6.60. The molecule has 3 heterocycles. The topological polar surface area (TPSA) is 79.8 Å². The number of halogens is 1. The van der Waals surface area contributed by atoms with Crippen molar-refractivity contribution < 1.29 is 17.9 Å². The van der Waals surface area contributed by atoms with Crippen molar-refractivity contribution in [1.82, 2.24) is 14.2 Å². The monoisotopic (exact) mass is 415 g/mol. The van der Waals surface area contributed by atoms with E-state index in [9.17, 15) is 13.2 Å². The van der Waals surface area contributed by atoms with Gasteiger partial charge in [-0.3, -0.25) is 4.79 Å². The predicted molar refractivity (Wildman–Crippen MR) is 103 cm³/mol. The fourth-order valence-corrected chi connectivity index (χ4v) is 4.82. The van der Waals surface area contributed by atoms with Crippen molar-refractivity contribution in [3.63, 3.8) is 0 Å². The number of rotatable bonds is 5. The third-order valence-electron chi connectivity index (χ3n) is 5.28. The van der Waals surface area contributed by atoms with E-state index in [2.05, 4.69) is 4.98 Å². The molecule has 0 radical (unpaired) electrons. The number of pyridine rings is 1. The lowest BCUT2D eigenvalue weighted by Crippen LogP contribution is -2.47. The quantitative estimate of drug-likeness (QED) is 0.735. The van der Waals surface area contributed by atoms with Crippen LogP contribution in [0.15, 0.2) is 18.3 Å². The summed E-state index contributed by atoms with van der Waals surface area (Å²) in [4.78, 5) is 18.9. The third-order valence-corrected chi connectivity index (χ3v) is 6.87. The van der Waals surface area contributed by atoms with Gasteiger partial charge in [-0.15, -0.1) is 0 Å². The van der Waals surface area contributed by atoms with Gasteiger partial charge in [-0.1, -0.05) is 11.6 Å². The largest absolute Gasteiger partial charge is 0.476 e. The van der Waals surface area contributed by atoms with Crippen LogP contribution in [0.1, 0.15) is 25.7 Å². The lowest BCUT2D eigenvalue weighted by Gasteiger charge is -2.37. The minimum atomic E-state index is -3.17. The van der Waals surface area contributed by atoms with Crippen molar-refractivity contribution in [3.8, 4) is 5.88 Å². The number of likely N-dealkylation sites (tertiary alicyclic amines) is 1. The molecule has 3 rings (SSSR count). The van der Waals surface area contributed by atoms with Crippen LogP contribution < -0.4 is 4.74 Å². The molecule has 1 atom stereocenters. The molecule has 0 N–H and O–H groups in total. The number of carbonyl (C=O) groups excluding carboxylic acids is 1. The normalized spacial score (nSPS) is 22.6. The summed E-state index contributed by atoms with van der Waals surface area (Å²) in [6.07, 6.45) is 5.98. The van der Waals surface area contributed by atoms with Gasteiger partial charge in [-0.2, -0.15) is 0 Å². The van der Waals surface area contributed by atoms with Gasteiger partial charge in [0, 0.05) is 44.2 Å². The van der Waals surface area contributed by atoms with E-state index in [1.54, 1.807) is 18.3 Å². The van der Waals surface area contributed by atoms with E-state index in [1.807, 2.05) is 4.90 Å². The number of ether oxygens (including phenoxy) is 1. The van der Waals surface area contributed by atoms with E-state index in [0.717, 1.165) is 19.4 Å². The summed E-state index contributed by atoms with van der Waals surface area (Å²) < 4.78 is 30.5. The first-order valence-electron chi connectivity index (χ1n) is 9.32. The molecule has 1 amide bonds. The van der Waals surface area contributed by atoms with Gasteiger partial charge in [-0.05, 0) is 37.8 Å². The fourth-order valence-electron chi connectivity index (χ4n) is 3.77. The zero-order valence-corrected chi connectivity index (χ0v) is 17.1. The van der Waals surface area contributed by atoms with Crippen LogP contribution in [0.3, 0.4) is 0 Å². The molecule has 0 aliphatic carbocycles. The van der Waals surface area contributed by atoms with E-state index < -0.39 is 10.0 Å². The summed E-state index contributed by atoms with van der Waals surface area (Å²) in [5, 5.41) is 0.485. The fraction of sp³-hybridized carbons (Fsp3) is 0.667. The number of carbonyl (C=O) groups is 1. The highest BCUT2D eigenvalue weighted by molar-refractivity contribution is 7.88. The molecule has 2 aliphatic heterocycles. The van der Waals surface area contributed by atoms with Gasteiger partial charge in [-0.25, -0.2) is 17.7 Å². The van der Waals surface area contributed by atoms with Crippen LogP contribution in [0, 0.1) is 11.8 Å². The van der Waals surface area contributed by atoms with Crippen molar-refractivity contribution in [2.24, 2.45) is 11.8 Å². The molecule has 2 saturated heterocycles. The maximum absolute atomic E-state index is 12.9. The molecular formula is C18H26ClN3O4S. The van der Waals surface area contributed by atoms with E-state index in [4.69, 9.17) is 16.3 Å². The zero-order valence-electron chi connectivity index (χ0n) is 15.5. The summed E-state index contributed by atoms with van der Waals surface area (Å²) in [5.41, 5.74) is 0. The molecule has 2 aliphatic rings. The average molecular weight is 416 g/mol. The van der Waals surface area contributed by atoms with E-state index in [-0.39, 0.29) is 17.7 Å². The standard InChI is InChI=1S/C18H26ClN3O4S/c1-27(24,25)22-10-6-15(7-11-22)18(23)21-9-3-4-14(12-21)13-26-17-16(19)5-2-8-20-17/h2,5,8,14-15H,3-4,6-7,9-13H2,1H3. The lowest BCUT2D eigenvalue weighted by molar-refractivity contribution is -0.138. The Balaban J connectivity index is 1.50. The average Bonchev–Trinajstić information content (AvgIpc) is 2.66. The summed E-state index contributed by atoms with van der Waals surface area (Å²) in [7, 11) is -3.17. The second-order valence-corrected chi connectivity index (χ2v) is 9.72. The molecule has 150 valence electrons. The highest BCUT2D eigenvalue weighted by atomic mass is 35.5. The minimum absolute atomic E-state index is 0.0899. The summed E-state index contributed by atoms with van der Waals surface area (Å²) in [6.45, 7) is 2.75. The molecule has 0 bridgehead atoms. The second-order valence-electron chi connectivity index (χ2n) is 7.33. The number of sulfonamides is 1. The number of aromatic nitrogens is 1. The molecule has 0 saturated carbocycles. The first-order chi connectivity index (χ1) is 12.8. The Bertz CT molecular complexity index is 766. The number of nitrogens with zero attached hydrogens (tertiary/aromatic N) is 3. The van der Waals surface area contributed by atoms with Crippen LogP contribution in [-0.4, -0.2) is 67.6 Å². The van der Waals surface area contributed by atoms with Crippen LogP contribution >= 0.6 is 11.6 Å². The maximum Gasteiger partial charge on any atom is 0.232 e. The molecule has 0 spiro atoms. The van der Waals surface area contributed by atoms with Crippen molar-refractivity contribution in [2.75, 3.05) is 39.0 Å². The van der Waals surface area contributed by atoms with Crippen LogP contribution in [-0.2, 0) is 14.8 Å². The van der Waals surface area contributed by atoms with E-state index in [0.29, 0.717) is 50.0 Å². The number of amides is 1. The van der Waals surface area contributed by atoms with Gasteiger partial charge in [0.15, 0.2) is 0 Å². The SMILES string of the molecule is CS(=O)(=O)N1CCC(C(=O)N2CCCC(COc3ncccc3Cl)C2)CC1. The van der Waals surface area contributed by atoms with Gasteiger partial charge in [0.25, 0.3) is 0 Å². The van der Waals surface area contributed by atoms with Crippen LogP contribution in [0.4, 0.5) is 0 Å². The molecule has 9 heteroatoms. The summed E-state index contributed by atoms with van der Waals surface area (Å²) >= 11 is 6.07. The Morgan fingerprint density at radius 1 is 1.30 bits per heavy atom. The van der Waals surface area contributed by atoms with Gasteiger partial charge >= 0.3 is 0 Å². The lowest BCUT2D eigenvalue weighted by atomic mass is 9.93. The number of hydrogen-bond donors (Lipinski definition) is 0. The minimum Gasteiger partial charge on any atom is -0.476 e. The first kappa shape index (κ1) is 20.4. The zero-order chi connectivity index (χ0) is 19.4. The van der Waals surface area contributed by atoms with Crippen molar-refractivity contribution in [2.45, 2.75) is 25.7 Å². The molecule has 7 nitrogen and oxygen atoms in total. The molecule has 2 fully saturated rings. The van der Waals surface area contributed by atoms with Gasteiger partial charge in [0.2, 0.25) is 21.8 Å². The molecular weight excluding hydrogens is 390 g/mol. The van der Waals surface area contributed by atoms with Crippen LogP contribution in [0.5, 0.6) is 5.88 Å². The summed E-state index contributed by atoms with van der Waals surface area (Å²) in [6, 6.07) is 3.49. The first-order valence-corrected chi connectivity index (χ1v) is 11.5. The second kappa shape index (κ2) is 8.75. The van der Waals surface area contributed by atoms with Crippen molar-refractivity contribution >= 4 is 27.5 Å². The predicted octanol–water partition coefficient (Wildman–Crippen LogP) is 2.02. The number of hydrogen-bond acceptors (Lipinski definition) is 5. The molecule has 0 aromatic carbocycles. The molecule has 27 heavy (non-hydrogen) atoms. The maximum atomic E-state index is 12.9. The molecule has 1 aromatic heterocycles. The third kappa shape index (κ3) is 5.33. The smallest absolute Gasteiger partial charge is 0.232 e. The van der Waals surface area contributed by atoms with Gasteiger partial charge in [0.1, 0.15) is 5.02 Å². The van der Waals surface area contributed by atoms with Crippen LogP contribution in [0.2, 0.25) is 5.02 Å². The Hall–Kier alpha value is -1.38.